The zero-order valence-corrected chi connectivity index (χ0v) is 20.8. The van der Waals surface area contributed by atoms with Gasteiger partial charge in [0.25, 0.3) is 5.91 Å². The van der Waals surface area contributed by atoms with Crippen LogP contribution in [0.1, 0.15) is 27.0 Å². The Labute approximate surface area is 212 Å². The summed E-state index contributed by atoms with van der Waals surface area (Å²) in [6.07, 6.45) is 3.07. The predicted octanol–water partition coefficient (Wildman–Crippen LogP) is 4.66. The van der Waals surface area contributed by atoms with Crippen LogP contribution in [0.5, 0.6) is 5.88 Å². The van der Waals surface area contributed by atoms with Gasteiger partial charge in [-0.1, -0.05) is 39.4 Å². The highest BCUT2D eigenvalue weighted by atomic mass is 79.9. The molecular weight excluding hydrogens is 534 g/mol. The summed E-state index contributed by atoms with van der Waals surface area (Å²) in [5, 5.41) is 15.7. The van der Waals surface area contributed by atoms with Crippen molar-refractivity contribution in [3.05, 3.63) is 81.7 Å². The lowest BCUT2D eigenvalue weighted by atomic mass is 10.0. The lowest BCUT2D eigenvalue weighted by Crippen LogP contribution is -2.49. The number of piperazine rings is 1. The minimum atomic E-state index is -0.218. The topological polar surface area (TPSA) is 100 Å². The molecule has 1 aliphatic rings. The molecule has 4 aromatic heterocycles. The van der Waals surface area contributed by atoms with Gasteiger partial charge in [0.15, 0.2) is 11.5 Å². The summed E-state index contributed by atoms with van der Waals surface area (Å²) < 4.78 is 13.1. The highest BCUT2D eigenvalue weighted by Crippen LogP contribution is 2.41. The zero-order chi connectivity index (χ0) is 23.9. The second-order valence-corrected chi connectivity index (χ2v) is 10.1. The van der Waals surface area contributed by atoms with Gasteiger partial charge in [0.2, 0.25) is 16.7 Å². The van der Waals surface area contributed by atoms with Crippen LogP contribution in [0.3, 0.4) is 0 Å². The lowest BCUT2D eigenvalue weighted by molar-refractivity contribution is 0.0568. The number of hydrogen-bond acceptors (Lipinski definition) is 8. The summed E-state index contributed by atoms with van der Waals surface area (Å²) in [5.74, 6) is 1.26. The molecule has 5 aromatic rings. The Morgan fingerprint density at radius 1 is 1.03 bits per heavy atom. The number of carbonyl (C=O) groups is 1. The highest BCUT2D eigenvalue weighted by molar-refractivity contribution is 9.10. The van der Waals surface area contributed by atoms with Gasteiger partial charge >= 0.3 is 0 Å². The van der Waals surface area contributed by atoms with E-state index in [0.717, 1.165) is 14.9 Å². The summed E-state index contributed by atoms with van der Waals surface area (Å²) in [6.45, 7) is 2.38. The van der Waals surface area contributed by atoms with E-state index in [2.05, 4.69) is 30.9 Å². The molecule has 1 aliphatic heterocycles. The molecule has 1 amide bonds. The Kier molecular flexibility index (Phi) is 5.67. The van der Waals surface area contributed by atoms with Crippen molar-refractivity contribution >= 4 is 38.1 Å². The Hall–Kier alpha value is -3.41. The van der Waals surface area contributed by atoms with Crippen molar-refractivity contribution < 1.29 is 18.7 Å². The first-order chi connectivity index (χ1) is 17.1. The monoisotopic (exact) mass is 553 g/mol. The van der Waals surface area contributed by atoms with Crippen molar-refractivity contribution in [2.24, 2.45) is 0 Å². The van der Waals surface area contributed by atoms with E-state index in [0.29, 0.717) is 48.5 Å². The van der Waals surface area contributed by atoms with E-state index in [1.807, 2.05) is 24.3 Å². The minimum absolute atomic E-state index is 0.0531. The third-order valence-electron chi connectivity index (χ3n) is 6.07. The van der Waals surface area contributed by atoms with Crippen LogP contribution in [0.2, 0.25) is 0 Å². The average Bonchev–Trinajstić information content (AvgIpc) is 3.68. The van der Waals surface area contributed by atoms with Gasteiger partial charge in [-0.15, -0.1) is 5.10 Å². The van der Waals surface area contributed by atoms with Gasteiger partial charge in [-0.2, -0.15) is 9.50 Å². The highest BCUT2D eigenvalue weighted by Gasteiger charge is 2.33. The Bertz CT molecular complexity index is 1450. The van der Waals surface area contributed by atoms with E-state index in [1.165, 1.54) is 22.1 Å². The first-order valence-corrected chi connectivity index (χ1v) is 12.6. The standard InChI is InChI=1S/C24H20BrN5O4S/c25-16-7-5-15(6-8-16)19(28-9-11-29(12-10-28)22(31)18-4-2-14-34-18)20-23(32)30-24(35-20)26-21(27-30)17-3-1-13-33-17/h1-8,13-14,19,32H,9-12H2/t19-/m1/s1. The van der Waals surface area contributed by atoms with Crippen molar-refractivity contribution in [2.75, 3.05) is 26.2 Å². The zero-order valence-electron chi connectivity index (χ0n) is 18.4. The van der Waals surface area contributed by atoms with Gasteiger partial charge in [-0.3, -0.25) is 9.69 Å². The van der Waals surface area contributed by atoms with Crippen LogP contribution in [0, 0.1) is 0 Å². The smallest absolute Gasteiger partial charge is 0.289 e. The summed E-state index contributed by atoms with van der Waals surface area (Å²) >= 11 is 4.90. The largest absolute Gasteiger partial charge is 0.492 e. The van der Waals surface area contributed by atoms with E-state index in [1.54, 1.807) is 35.4 Å². The SMILES string of the molecule is O=C(c1ccco1)N1CCN([C@H](c2ccc(Br)cc2)c2sc3nc(-c4ccco4)nn3c2O)CC1. The molecule has 1 N–H and O–H groups in total. The fourth-order valence-electron chi connectivity index (χ4n) is 4.35. The van der Waals surface area contributed by atoms with E-state index in [9.17, 15) is 9.90 Å². The molecule has 0 radical (unpaired) electrons. The van der Waals surface area contributed by atoms with Gasteiger partial charge in [0.1, 0.15) is 0 Å². The molecule has 0 bridgehead atoms. The third kappa shape index (κ3) is 4.05. The molecule has 9 nitrogen and oxygen atoms in total. The molecule has 5 heterocycles. The van der Waals surface area contributed by atoms with Crippen molar-refractivity contribution in [1.82, 2.24) is 24.4 Å². The third-order valence-corrected chi connectivity index (χ3v) is 7.68. The number of nitrogens with zero attached hydrogens (tertiary/aromatic N) is 5. The number of halogens is 1. The molecule has 1 atom stereocenters. The van der Waals surface area contributed by atoms with Gasteiger partial charge < -0.3 is 18.8 Å². The number of carbonyl (C=O) groups excluding carboxylic acids is 1. The van der Waals surface area contributed by atoms with Gasteiger partial charge in [-0.25, -0.2) is 0 Å². The molecular formula is C24H20BrN5O4S. The summed E-state index contributed by atoms with van der Waals surface area (Å²) in [5.41, 5.74) is 1.03. The van der Waals surface area contributed by atoms with Crippen LogP contribution in [0.25, 0.3) is 16.5 Å². The molecule has 0 aliphatic carbocycles. The second-order valence-electron chi connectivity index (χ2n) is 8.16. The molecule has 0 saturated carbocycles. The maximum Gasteiger partial charge on any atom is 0.289 e. The number of benzene rings is 1. The Balaban J connectivity index is 1.32. The molecule has 0 unspecified atom stereocenters. The molecule has 178 valence electrons. The molecule has 35 heavy (non-hydrogen) atoms. The fourth-order valence-corrected chi connectivity index (χ4v) is 5.73. The van der Waals surface area contributed by atoms with E-state index in [-0.39, 0.29) is 17.8 Å². The van der Waals surface area contributed by atoms with Gasteiger partial charge in [0.05, 0.1) is 23.4 Å². The fraction of sp³-hybridized carbons (Fsp3) is 0.208. The predicted molar refractivity (Wildman–Crippen MR) is 132 cm³/mol. The summed E-state index contributed by atoms with van der Waals surface area (Å²) in [6, 6.07) is 14.8. The number of thiazole rings is 1. The summed E-state index contributed by atoms with van der Waals surface area (Å²) in [4.78, 5) is 22.7. The quantitative estimate of drug-likeness (QED) is 0.337. The number of hydrogen-bond donors (Lipinski definition) is 1. The number of aromatic hydroxyl groups is 1. The average molecular weight is 554 g/mol. The van der Waals surface area contributed by atoms with Crippen LogP contribution < -0.4 is 0 Å². The van der Waals surface area contributed by atoms with Gasteiger partial charge in [0, 0.05) is 30.7 Å². The Morgan fingerprint density at radius 2 is 1.77 bits per heavy atom. The van der Waals surface area contributed by atoms with E-state index < -0.39 is 0 Å². The Morgan fingerprint density at radius 3 is 2.43 bits per heavy atom. The van der Waals surface area contributed by atoms with Crippen molar-refractivity contribution in [2.45, 2.75) is 6.04 Å². The number of aromatic nitrogens is 3. The molecule has 1 aromatic carbocycles. The molecule has 1 saturated heterocycles. The number of fused-ring (bicyclic) bond motifs is 1. The second kappa shape index (κ2) is 8.99. The molecule has 1 fully saturated rings. The number of rotatable bonds is 5. The molecule has 11 heteroatoms. The van der Waals surface area contributed by atoms with E-state index in [4.69, 9.17) is 8.83 Å². The van der Waals surface area contributed by atoms with Crippen molar-refractivity contribution in [3.8, 4) is 17.5 Å². The number of furan rings is 2. The summed E-state index contributed by atoms with van der Waals surface area (Å²) in [7, 11) is 0. The first-order valence-electron chi connectivity index (χ1n) is 11.0. The maximum atomic E-state index is 12.7. The van der Waals surface area contributed by atoms with Crippen LogP contribution in [0.4, 0.5) is 0 Å². The van der Waals surface area contributed by atoms with E-state index >= 15 is 0 Å². The maximum absolute atomic E-state index is 12.7. The normalized spacial score (nSPS) is 15.6. The van der Waals surface area contributed by atoms with Crippen molar-refractivity contribution in [1.29, 1.82) is 0 Å². The molecule has 0 spiro atoms. The number of amides is 1. The van der Waals surface area contributed by atoms with Crippen LogP contribution in [-0.4, -0.2) is 61.6 Å². The molecule has 6 rings (SSSR count). The van der Waals surface area contributed by atoms with Crippen molar-refractivity contribution in [3.63, 3.8) is 0 Å². The lowest BCUT2D eigenvalue weighted by Gasteiger charge is -2.38. The minimum Gasteiger partial charge on any atom is -0.492 e. The van der Waals surface area contributed by atoms with Crippen LogP contribution >= 0.6 is 27.3 Å². The van der Waals surface area contributed by atoms with Crippen LogP contribution in [0.15, 0.2) is 74.4 Å². The first kappa shape index (κ1) is 22.1. The van der Waals surface area contributed by atoms with Crippen LogP contribution in [-0.2, 0) is 0 Å². The van der Waals surface area contributed by atoms with Gasteiger partial charge in [-0.05, 0) is 42.0 Å².